The molecule has 0 atom stereocenters. The molecular formula is C17H24N4. The molecule has 1 aliphatic carbocycles. The molecule has 1 aliphatic rings. The molecule has 0 radical (unpaired) electrons. The van der Waals surface area contributed by atoms with Gasteiger partial charge in [0, 0.05) is 12.2 Å². The summed E-state index contributed by atoms with van der Waals surface area (Å²) >= 11 is 0. The van der Waals surface area contributed by atoms with E-state index in [0.717, 1.165) is 24.9 Å². The molecule has 0 saturated heterocycles. The Morgan fingerprint density at radius 2 is 2.10 bits per heavy atom. The van der Waals surface area contributed by atoms with Gasteiger partial charge in [0.25, 0.3) is 0 Å². The van der Waals surface area contributed by atoms with Crippen molar-refractivity contribution in [2.45, 2.75) is 39.2 Å². The Bertz CT molecular complexity index is 542. The van der Waals surface area contributed by atoms with Crippen LogP contribution in [0.25, 0.3) is 0 Å². The first-order valence-corrected chi connectivity index (χ1v) is 7.95. The third-order valence-corrected chi connectivity index (χ3v) is 4.47. The second-order valence-corrected chi connectivity index (χ2v) is 6.30. The number of anilines is 1. The number of nitrogens with one attached hydrogen (secondary N) is 1. The van der Waals surface area contributed by atoms with Crippen LogP contribution in [0.4, 0.5) is 5.69 Å². The lowest BCUT2D eigenvalue weighted by atomic mass is 9.83. The van der Waals surface area contributed by atoms with Crippen LogP contribution >= 0.6 is 0 Å². The molecule has 0 spiro atoms. The summed E-state index contributed by atoms with van der Waals surface area (Å²) in [5.41, 5.74) is 2.47. The third kappa shape index (κ3) is 4.06. The van der Waals surface area contributed by atoms with Crippen molar-refractivity contribution in [2.24, 2.45) is 11.8 Å². The first kappa shape index (κ1) is 14.1. The molecule has 1 aromatic heterocycles. The third-order valence-electron chi connectivity index (χ3n) is 4.47. The van der Waals surface area contributed by atoms with E-state index in [1.165, 1.54) is 36.9 Å². The highest BCUT2D eigenvalue weighted by atomic mass is 15.3. The zero-order valence-corrected chi connectivity index (χ0v) is 12.7. The van der Waals surface area contributed by atoms with E-state index in [1.807, 2.05) is 4.68 Å². The van der Waals surface area contributed by atoms with E-state index in [2.05, 4.69) is 46.6 Å². The fourth-order valence-corrected chi connectivity index (χ4v) is 3.08. The Kier molecular flexibility index (Phi) is 4.53. The van der Waals surface area contributed by atoms with E-state index in [-0.39, 0.29) is 0 Å². The van der Waals surface area contributed by atoms with Crippen LogP contribution in [0.15, 0.2) is 36.9 Å². The Morgan fingerprint density at radius 1 is 1.24 bits per heavy atom. The van der Waals surface area contributed by atoms with Gasteiger partial charge in [0.05, 0.1) is 6.54 Å². The Morgan fingerprint density at radius 3 is 2.86 bits per heavy atom. The van der Waals surface area contributed by atoms with Crippen molar-refractivity contribution < 1.29 is 0 Å². The van der Waals surface area contributed by atoms with Crippen molar-refractivity contribution >= 4 is 5.69 Å². The van der Waals surface area contributed by atoms with Crippen LogP contribution < -0.4 is 5.32 Å². The quantitative estimate of drug-likeness (QED) is 0.913. The van der Waals surface area contributed by atoms with Gasteiger partial charge in [-0.3, -0.25) is 0 Å². The van der Waals surface area contributed by atoms with Gasteiger partial charge in [-0.2, -0.15) is 5.10 Å². The molecule has 1 heterocycles. The molecular weight excluding hydrogens is 260 g/mol. The van der Waals surface area contributed by atoms with Gasteiger partial charge in [-0.1, -0.05) is 31.9 Å². The van der Waals surface area contributed by atoms with Crippen LogP contribution in [-0.2, 0) is 6.54 Å². The van der Waals surface area contributed by atoms with Crippen LogP contribution in [-0.4, -0.2) is 21.3 Å². The molecule has 0 amide bonds. The van der Waals surface area contributed by atoms with Crippen LogP contribution in [0.3, 0.4) is 0 Å². The van der Waals surface area contributed by atoms with Crippen LogP contribution in [0, 0.1) is 11.8 Å². The smallest absolute Gasteiger partial charge is 0.137 e. The average Bonchev–Trinajstić information content (AvgIpc) is 3.00. The average molecular weight is 284 g/mol. The fraction of sp³-hybridized carbons (Fsp3) is 0.529. The summed E-state index contributed by atoms with van der Waals surface area (Å²) in [5.74, 6) is 1.76. The number of hydrogen-bond acceptors (Lipinski definition) is 3. The van der Waals surface area contributed by atoms with Gasteiger partial charge in [0.15, 0.2) is 0 Å². The molecule has 0 unspecified atom stereocenters. The summed E-state index contributed by atoms with van der Waals surface area (Å²) in [4.78, 5) is 3.98. The maximum Gasteiger partial charge on any atom is 0.137 e. The van der Waals surface area contributed by atoms with Crippen molar-refractivity contribution in [3.8, 4) is 0 Å². The molecule has 3 rings (SSSR count). The highest BCUT2D eigenvalue weighted by molar-refractivity contribution is 5.45. The van der Waals surface area contributed by atoms with Gasteiger partial charge in [-0.15, -0.1) is 0 Å². The molecule has 4 heteroatoms. The summed E-state index contributed by atoms with van der Waals surface area (Å²) in [6, 6.07) is 8.61. The summed E-state index contributed by atoms with van der Waals surface area (Å²) in [6.07, 6.45) is 8.84. The van der Waals surface area contributed by atoms with E-state index in [4.69, 9.17) is 0 Å². The predicted octanol–water partition coefficient (Wildman–Crippen LogP) is 3.56. The lowest BCUT2D eigenvalue weighted by Gasteiger charge is -2.26. The first-order chi connectivity index (χ1) is 10.3. The summed E-state index contributed by atoms with van der Waals surface area (Å²) in [5, 5.41) is 7.76. The number of benzene rings is 1. The summed E-state index contributed by atoms with van der Waals surface area (Å²) < 4.78 is 1.85. The van der Waals surface area contributed by atoms with Gasteiger partial charge >= 0.3 is 0 Å². The van der Waals surface area contributed by atoms with Gasteiger partial charge in [-0.25, -0.2) is 9.67 Å². The number of rotatable bonds is 5. The second kappa shape index (κ2) is 6.74. The maximum atomic E-state index is 4.15. The molecule has 1 aromatic carbocycles. The Hall–Kier alpha value is -1.84. The van der Waals surface area contributed by atoms with Gasteiger partial charge in [0.1, 0.15) is 12.7 Å². The van der Waals surface area contributed by atoms with Crippen LogP contribution in [0.5, 0.6) is 0 Å². The Balaban J connectivity index is 1.53. The van der Waals surface area contributed by atoms with Crippen LogP contribution in [0.1, 0.15) is 38.2 Å². The molecule has 1 saturated carbocycles. The first-order valence-electron chi connectivity index (χ1n) is 7.95. The van der Waals surface area contributed by atoms with E-state index in [1.54, 1.807) is 12.7 Å². The summed E-state index contributed by atoms with van der Waals surface area (Å²) in [7, 11) is 0. The molecule has 2 aromatic rings. The van der Waals surface area contributed by atoms with E-state index >= 15 is 0 Å². The highest BCUT2D eigenvalue weighted by Crippen LogP contribution is 2.28. The standard InChI is InChI=1S/C17H24N4/c1-14-5-7-15(8-6-14)10-19-17-4-2-3-16(9-17)11-21-13-18-12-20-21/h2-4,9,12-15,19H,5-8,10-11H2,1H3. The predicted molar refractivity (Wildman–Crippen MR) is 85.2 cm³/mol. The molecule has 0 aliphatic heterocycles. The molecule has 4 nitrogen and oxygen atoms in total. The number of hydrogen-bond donors (Lipinski definition) is 1. The van der Waals surface area contributed by atoms with Gasteiger partial charge in [-0.05, 0) is 42.4 Å². The van der Waals surface area contributed by atoms with Crippen molar-refractivity contribution in [3.63, 3.8) is 0 Å². The minimum Gasteiger partial charge on any atom is -0.385 e. The maximum absolute atomic E-state index is 4.15. The number of nitrogens with zero attached hydrogens (tertiary/aromatic N) is 3. The monoisotopic (exact) mass is 284 g/mol. The molecule has 21 heavy (non-hydrogen) atoms. The topological polar surface area (TPSA) is 42.7 Å². The second-order valence-electron chi connectivity index (χ2n) is 6.30. The van der Waals surface area contributed by atoms with E-state index in [9.17, 15) is 0 Å². The SMILES string of the molecule is CC1CCC(CNc2cccc(Cn3cncn3)c2)CC1. The normalized spacial score (nSPS) is 22.1. The van der Waals surface area contributed by atoms with Gasteiger partial charge < -0.3 is 5.32 Å². The molecule has 0 bridgehead atoms. The van der Waals surface area contributed by atoms with Crippen molar-refractivity contribution in [3.05, 3.63) is 42.5 Å². The van der Waals surface area contributed by atoms with E-state index in [0.29, 0.717) is 0 Å². The minimum atomic E-state index is 0.774. The fourth-order valence-electron chi connectivity index (χ4n) is 3.08. The van der Waals surface area contributed by atoms with Gasteiger partial charge in [0.2, 0.25) is 0 Å². The number of aromatic nitrogens is 3. The highest BCUT2D eigenvalue weighted by Gasteiger charge is 2.17. The van der Waals surface area contributed by atoms with E-state index < -0.39 is 0 Å². The lowest BCUT2D eigenvalue weighted by Crippen LogP contribution is -2.20. The van der Waals surface area contributed by atoms with Crippen molar-refractivity contribution in [1.82, 2.24) is 14.8 Å². The molecule has 112 valence electrons. The zero-order chi connectivity index (χ0) is 14.5. The van der Waals surface area contributed by atoms with Crippen LogP contribution in [0.2, 0.25) is 0 Å². The molecule has 1 fully saturated rings. The van der Waals surface area contributed by atoms with Crippen molar-refractivity contribution in [2.75, 3.05) is 11.9 Å². The Labute approximate surface area is 126 Å². The summed E-state index contributed by atoms with van der Waals surface area (Å²) in [6.45, 7) is 4.24. The zero-order valence-electron chi connectivity index (χ0n) is 12.7. The minimum absolute atomic E-state index is 0.774. The lowest BCUT2D eigenvalue weighted by molar-refractivity contribution is 0.300. The molecule has 1 N–H and O–H groups in total. The largest absolute Gasteiger partial charge is 0.385 e. The van der Waals surface area contributed by atoms with Crippen molar-refractivity contribution in [1.29, 1.82) is 0 Å².